The van der Waals surface area contributed by atoms with Gasteiger partial charge in [-0.2, -0.15) is 0 Å². The van der Waals surface area contributed by atoms with E-state index < -0.39 is 0 Å². The van der Waals surface area contributed by atoms with Crippen LogP contribution in [0.5, 0.6) is 11.5 Å². The topological polar surface area (TPSA) is 58.6 Å². The third kappa shape index (κ3) is 3.18. The van der Waals surface area contributed by atoms with Crippen molar-refractivity contribution in [2.75, 3.05) is 19.5 Å². The number of para-hydroxylation sites is 1. The molecule has 0 heterocycles. The largest absolute Gasteiger partial charge is 0.504 e. The van der Waals surface area contributed by atoms with Gasteiger partial charge in [-0.1, -0.05) is 12.5 Å². The first-order chi connectivity index (χ1) is 9.67. The SMILES string of the molecule is COc1cccc(C(=O)NCC2CCCC2CCl)c1O. The van der Waals surface area contributed by atoms with Gasteiger partial charge in [0.15, 0.2) is 11.5 Å². The first kappa shape index (κ1) is 15.0. The van der Waals surface area contributed by atoms with Crippen LogP contribution < -0.4 is 10.1 Å². The number of carbonyl (C=O) groups excluding carboxylic acids is 1. The van der Waals surface area contributed by atoms with Gasteiger partial charge in [0.25, 0.3) is 5.91 Å². The van der Waals surface area contributed by atoms with Crippen molar-refractivity contribution >= 4 is 17.5 Å². The number of methoxy groups -OCH3 is 1. The number of phenols is 1. The average Bonchev–Trinajstić information content (AvgIpc) is 2.92. The van der Waals surface area contributed by atoms with Gasteiger partial charge in [-0.25, -0.2) is 0 Å². The number of halogens is 1. The van der Waals surface area contributed by atoms with Gasteiger partial charge in [0, 0.05) is 12.4 Å². The van der Waals surface area contributed by atoms with E-state index in [1.807, 2.05) is 0 Å². The number of carbonyl (C=O) groups is 1. The molecule has 4 nitrogen and oxygen atoms in total. The summed E-state index contributed by atoms with van der Waals surface area (Å²) in [5.74, 6) is 1.47. The molecule has 1 saturated carbocycles. The number of amides is 1. The van der Waals surface area contributed by atoms with E-state index in [4.69, 9.17) is 16.3 Å². The Kier molecular flexibility index (Phi) is 5.12. The monoisotopic (exact) mass is 297 g/mol. The number of alkyl halides is 1. The molecule has 0 radical (unpaired) electrons. The highest BCUT2D eigenvalue weighted by Crippen LogP contribution is 2.32. The van der Waals surface area contributed by atoms with E-state index in [0.29, 0.717) is 30.0 Å². The van der Waals surface area contributed by atoms with E-state index in [2.05, 4.69) is 5.32 Å². The normalized spacial score (nSPS) is 21.7. The van der Waals surface area contributed by atoms with Crippen LogP contribution in [0.15, 0.2) is 18.2 Å². The van der Waals surface area contributed by atoms with Gasteiger partial charge in [-0.05, 0) is 36.8 Å². The molecule has 2 unspecified atom stereocenters. The first-order valence-corrected chi connectivity index (χ1v) is 7.41. The van der Waals surface area contributed by atoms with Crippen molar-refractivity contribution in [2.24, 2.45) is 11.8 Å². The van der Waals surface area contributed by atoms with Gasteiger partial charge in [0.1, 0.15) is 0 Å². The lowest BCUT2D eigenvalue weighted by Gasteiger charge is -2.18. The van der Waals surface area contributed by atoms with Crippen LogP contribution in [-0.2, 0) is 0 Å². The fourth-order valence-electron chi connectivity index (χ4n) is 2.77. The molecule has 20 heavy (non-hydrogen) atoms. The third-order valence-electron chi connectivity index (χ3n) is 4.00. The van der Waals surface area contributed by atoms with Crippen molar-refractivity contribution in [1.82, 2.24) is 5.32 Å². The van der Waals surface area contributed by atoms with Crippen molar-refractivity contribution in [1.29, 1.82) is 0 Å². The van der Waals surface area contributed by atoms with Crippen LogP contribution in [0.1, 0.15) is 29.6 Å². The number of ether oxygens (including phenoxy) is 1. The van der Waals surface area contributed by atoms with Crippen molar-refractivity contribution in [3.05, 3.63) is 23.8 Å². The maximum absolute atomic E-state index is 12.1. The minimum atomic E-state index is -0.276. The molecule has 1 aliphatic rings. The molecular weight excluding hydrogens is 278 g/mol. The molecule has 0 bridgehead atoms. The summed E-state index contributed by atoms with van der Waals surface area (Å²) in [5, 5.41) is 12.8. The van der Waals surface area contributed by atoms with E-state index in [9.17, 15) is 9.90 Å². The first-order valence-electron chi connectivity index (χ1n) is 6.87. The second-order valence-electron chi connectivity index (χ2n) is 5.17. The van der Waals surface area contributed by atoms with Crippen LogP contribution >= 0.6 is 11.6 Å². The number of nitrogens with one attached hydrogen (secondary N) is 1. The molecule has 0 aromatic heterocycles. The molecule has 2 atom stereocenters. The molecule has 0 saturated heterocycles. The second kappa shape index (κ2) is 6.84. The summed E-state index contributed by atoms with van der Waals surface area (Å²) in [4.78, 5) is 12.1. The Hall–Kier alpha value is -1.42. The van der Waals surface area contributed by atoms with Crippen molar-refractivity contribution in [3.8, 4) is 11.5 Å². The molecule has 0 aliphatic heterocycles. The maximum atomic E-state index is 12.1. The van der Waals surface area contributed by atoms with Gasteiger partial charge >= 0.3 is 0 Å². The van der Waals surface area contributed by atoms with Crippen LogP contribution in [0, 0.1) is 11.8 Å². The number of phenolic OH excluding ortho intramolecular Hbond substituents is 1. The highest BCUT2D eigenvalue weighted by atomic mass is 35.5. The van der Waals surface area contributed by atoms with E-state index in [1.165, 1.54) is 13.5 Å². The fraction of sp³-hybridized carbons (Fsp3) is 0.533. The van der Waals surface area contributed by atoms with Crippen molar-refractivity contribution < 1.29 is 14.6 Å². The molecule has 1 amide bonds. The zero-order valence-corrected chi connectivity index (χ0v) is 12.3. The second-order valence-corrected chi connectivity index (χ2v) is 5.48. The van der Waals surface area contributed by atoms with Crippen LogP contribution in [0.2, 0.25) is 0 Å². The van der Waals surface area contributed by atoms with E-state index >= 15 is 0 Å². The molecule has 110 valence electrons. The standard InChI is InChI=1S/C15H20ClNO3/c1-20-13-7-3-6-12(14(13)18)15(19)17-9-11-5-2-4-10(11)8-16/h3,6-7,10-11,18H,2,4-5,8-9H2,1H3,(H,17,19). The summed E-state index contributed by atoms with van der Waals surface area (Å²) in [5.41, 5.74) is 0.241. The minimum absolute atomic E-state index is 0.118. The third-order valence-corrected chi connectivity index (χ3v) is 4.40. The van der Waals surface area contributed by atoms with Crippen molar-refractivity contribution in [2.45, 2.75) is 19.3 Å². The lowest BCUT2D eigenvalue weighted by atomic mass is 9.98. The summed E-state index contributed by atoms with van der Waals surface area (Å²) in [6, 6.07) is 4.89. The lowest BCUT2D eigenvalue weighted by Crippen LogP contribution is -2.31. The zero-order chi connectivity index (χ0) is 14.5. The van der Waals surface area contributed by atoms with Crippen LogP contribution in [0.25, 0.3) is 0 Å². The summed E-state index contributed by atoms with van der Waals surface area (Å²) in [6.45, 7) is 0.604. The maximum Gasteiger partial charge on any atom is 0.255 e. The molecule has 2 rings (SSSR count). The molecule has 1 aromatic carbocycles. The van der Waals surface area contributed by atoms with Gasteiger partial charge in [0.2, 0.25) is 0 Å². The molecule has 1 aliphatic carbocycles. The molecule has 2 N–H and O–H groups in total. The summed E-state index contributed by atoms with van der Waals surface area (Å²) >= 11 is 5.93. The van der Waals surface area contributed by atoms with E-state index in [1.54, 1.807) is 18.2 Å². The predicted octanol–water partition coefficient (Wildman–Crippen LogP) is 2.79. The smallest absolute Gasteiger partial charge is 0.255 e. The molecule has 5 heteroatoms. The van der Waals surface area contributed by atoms with Crippen LogP contribution in [0.3, 0.4) is 0 Å². The predicted molar refractivity (Wildman–Crippen MR) is 78.5 cm³/mol. The Balaban J connectivity index is 1.98. The zero-order valence-electron chi connectivity index (χ0n) is 11.6. The van der Waals surface area contributed by atoms with Gasteiger partial charge in [-0.15, -0.1) is 11.6 Å². The van der Waals surface area contributed by atoms with Gasteiger partial charge < -0.3 is 15.2 Å². The Bertz CT molecular complexity index is 478. The fourth-order valence-corrected chi connectivity index (χ4v) is 3.18. The highest BCUT2D eigenvalue weighted by Gasteiger charge is 2.27. The number of rotatable bonds is 5. The van der Waals surface area contributed by atoms with Gasteiger partial charge in [-0.3, -0.25) is 4.79 Å². The quantitative estimate of drug-likeness (QED) is 0.822. The van der Waals surface area contributed by atoms with Crippen LogP contribution in [-0.4, -0.2) is 30.5 Å². The Morgan fingerprint density at radius 1 is 1.45 bits per heavy atom. The minimum Gasteiger partial charge on any atom is -0.504 e. The summed E-state index contributed by atoms with van der Waals surface area (Å²) in [7, 11) is 1.46. The average molecular weight is 298 g/mol. The number of hydrogen-bond acceptors (Lipinski definition) is 3. The Labute approximate surface area is 124 Å². The number of benzene rings is 1. The van der Waals surface area contributed by atoms with E-state index in [0.717, 1.165) is 12.8 Å². The van der Waals surface area contributed by atoms with Gasteiger partial charge in [0.05, 0.1) is 12.7 Å². The Morgan fingerprint density at radius 2 is 2.20 bits per heavy atom. The molecule has 1 aromatic rings. The highest BCUT2D eigenvalue weighted by molar-refractivity contribution is 6.18. The molecule has 0 spiro atoms. The lowest BCUT2D eigenvalue weighted by molar-refractivity contribution is 0.0941. The summed E-state index contributed by atoms with van der Waals surface area (Å²) in [6.07, 6.45) is 3.40. The van der Waals surface area contributed by atoms with Crippen molar-refractivity contribution in [3.63, 3.8) is 0 Å². The Morgan fingerprint density at radius 3 is 2.90 bits per heavy atom. The number of aromatic hydroxyl groups is 1. The molecular formula is C15H20ClNO3. The van der Waals surface area contributed by atoms with E-state index in [-0.39, 0.29) is 17.2 Å². The number of hydrogen-bond donors (Lipinski definition) is 2. The van der Waals surface area contributed by atoms with Crippen LogP contribution in [0.4, 0.5) is 0 Å². The molecule has 1 fully saturated rings. The summed E-state index contributed by atoms with van der Waals surface area (Å²) < 4.78 is 5.00.